The van der Waals surface area contributed by atoms with E-state index >= 15 is 0 Å². The molecule has 1 aromatic rings. The van der Waals surface area contributed by atoms with E-state index in [-0.39, 0.29) is 10.6 Å². The first-order valence-corrected chi connectivity index (χ1v) is 7.96. The predicted octanol–water partition coefficient (Wildman–Crippen LogP) is 2.02. The molecular formula is C12H19ClN2O3S. The number of benzene rings is 1. The maximum absolute atomic E-state index is 12.0. The zero-order chi connectivity index (χ0) is 14.3. The zero-order valence-electron chi connectivity index (χ0n) is 10.9. The minimum Gasteiger partial charge on any atom is -0.398 e. The summed E-state index contributed by atoms with van der Waals surface area (Å²) in [5, 5.41) is 0.334. The van der Waals surface area contributed by atoms with Crippen molar-refractivity contribution in [2.24, 2.45) is 0 Å². The molecule has 0 amide bonds. The van der Waals surface area contributed by atoms with Crippen LogP contribution in [0.15, 0.2) is 23.1 Å². The van der Waals surface area contributed by atoms with Crippen LogP contribution in [0.2, 0.25) is 5.02 Å². The summed E-state index contributed by atoms with van der Waals surface area (Å²) < 4.78 is 31.7. The van der Waals surface area contributed by atoms with Crippen LogP contribution in [-0.2, 0) is 14.8 Å². The van der Waals surface area contributed by atoms with Crippen molar-refractivity contribution in [3.63, 3.8) is 0 Å². The lowest BCUT2D eigenvalue weighted by Crippen LogP contribution is -2.26. The van der Waals surface area contributed by atoms with Gasteiger partial charge in [0.2, 0.25) is 10.0 Å². The van der Waals surface area contributed by atoms with Crippen molar-refractivity contribution < 1.29 is 13.2 Å². The number of halogens is 1. The van der Waals surface area contributed by atoms with Crippen LogP contribution in [-0.4, -0.2) is 28.2 Å². The Balaban J connectivity index is 2.54. The van der Waals surface area contributed by atoms with Gasteiger partial charge >= 0.3 is 0 Å². The van der Waals surface area contributed by atoms with Crippen molar-refractivity contribution in [3.05, 3.63) is 23.2 Å². The molecule has 7 heteroatoms. The Labute approximate surface area is 119 Å². The van der Waals surface area contributed by atoms with Crippen molar-refractivity contribution in [1.82, 2.24) is 4.72 Å². The second-order valence-corrected chi connectivity index (χ2v) is 6.22. The van der Waals surface area contributed by atoms with Gasteiger partial charge in [0.05, 0.1) is 5.69 Å². The van der Waals surface area contributed by atoms with Crippen LogP contribution in [0.3, 0.4) is 0 Å². The lowest BCUT2D eigenvalue weighted by Gasteiger charge is -2.09. The molecule has 1 rings (SSSR count). The molecule has 0 aromatic heterocycles. The van der Waals surface area contributed by atoms with Gasteiger partial charge in [-0.25, -0.2) is 13.1 Å². The molecule has 0 radical (unpaired) electrons. The first kappa shape index (κ1) is 16.2. The molecule has 0 bridgehead atoms. The van der Waals surface area contributed by atoms with E-state index in [4.69, 9.17) is 22.1 Å². The van der Waals surface area contributed by atoms with Gasteiger partial charge in [-0.1, -0.05) is 18.5 Å². The minimum atomic E-state index is -3.62. The van der Waals surface area contributed by atoms with Crippen molar-refractivity contribution in [2.45, 2.75) is 24.7 Å². The van der Waals surface area contributed by atoms with E-state index in [1.165, 1.54) is 12.1 Å². The molecule has 108 valence electrons. The number of nitrogens with two attached hydrogens (primary N) is 1. The summed E-state index contributed by atoms with van der Waals surface area (Å²) in [6, 6.07) is 4.36. The van der Waals surface area contributed by atoms with Crippen molar-refractivity contribution >= 4 is 27.3 Å². The fourth-order valence-electron chi connectivity index (χ4n) is 1.45. The van der Waals surface area contributed by atoms with E-state index in [1.807, 2.05) is 6.92 Å². The van der Waals surface area contributed by atoms with E-state index in [2.05, 4.69) is 4.72 Å². The molecule has 0 aliphatic carbocycles. The van der Waals surface area contributed by atoms with Gasteiger partial charge in [0.25, 0.3) is 0 Å². The molecule has 0 aliphatic rings. The molecule has 5 nitrogen and oxygen atoms in total. The van der Waals surface area contributed by atoms with Crippen molar-refractivity contribution in [2.75, 3.05) is 25.5 Å². The van der Waals surface area contributed by atoms with Crippen LogP contribution in [0, 0.1) is 0 Å². The first-order chi connectivity index (χ1) is 8.97. The molecule has 0 spiro atoms. The predicted molar refractivity (Wildman–Crippen MR) is 76.8 cm³/mol. The van der Waals surface area contributed by atoms with Gasteiger partial charge in [0, 0.05) is 24.8 Å². The quantitative estimate of drug-likeness (QED) is 0.568. The van der Waals surface area contributed by atoms with Crippen LogP contribution >= 0.6 is 11.6 Å². The number of sulfonamides is 1. The van der Waals surface area contributed by atoms with Crippen molar-refractivity contribution in [3.8, 4) is 0 Å². The number of hydrogen-bond acceptors (Lipinski definition) is 4. The summed E-state index contributed by atoms with van der Waals surface area (Å²) in [6.07, 6.45) is 1.56. The highest BCUT2D eigenvalue weighted by Gasteiger charge is 2.17. The molecule has 3 N–H and O–H groups in total. The smallest absolute Gasteiger partial charge is 0.242 e. The first-order valence-electron chi connectivity index (χ1n) is 6.10. The van der Waals surface area contributed by atoms with Gasteiger partial charge < -0.3 is 10.5 Å². The van der Waals surface area contributed by atoms with Gasteiger partial charge in [-0.15, -0.1) is 0 Å². The molecule has 0 unspecified atom stereocenters. The Hall–Kier alpha value is -0.820. The SMILES string of the molecule is CCCOCCCNS(=O)(=O)c1cc(Cl)ccc1N. The van der Waals surface area contributed by atoms with Crippen LogP contribution in [0.5, 0.6) is 0 Å². The lowest BCUT2D eigenvalue weighted by atomic mass is 10.3. The average Bonchev–Trinajstić information content (AvgIpc) is 2.36. The highest BCUT2D eigenvalue weighted by molar-refractivity contribution is 7.89. The minimum absolute atomic E-state index is 0.00877. The Kier molecular flexibility index (Phi) is 6.57. The molecule has 0 aliphatic heterocycles. The van der Waals surface area contributed by atoms with E-state index in [0.717, 1.165) is 6.42 Å². The van der Waals surface area contributed by atoms with E-state index < -0.39 is 10.0 Å². The van der Waals surface area contributed by atoms with Crippen LogP contribution in [0.25, 0.3) is 0 Å². The Morgan fingerprint density at radius 3 is 2.79 bits per heavy atom. The highest BCUT2D eigenvalue weighted by atomic mass is 35.5. The number of hydrogen-bond donors (Lipinski definition) is 2. The van der Waals surface area contributed by atoms with Crippen LogP contribution in [0.4, 0.5) is 5.69 Å². The van der Waals surface area contributed by atoms with Gasteiger partial charge in [0.15, 0.2) is 0 Å². The average molecular weight is 307 g/mol. The zero-order valence-corrected chi connectivity index (χ0v) is 12.4. The normalized spacial score (nSPS) is 11.7. The Morgan fingerprint density at radius 1 is 1.37 bits per heavy atom. The van der Waals surface area contributed by atoms with E-state index in [9.17, 15) is 8.42 Å². The molecule has 0 atom stereocenters. The maximum atomic E-state index is 12.0. The van der Waals surface area contributed by atoms with Gasteiger partial charge in [-0.2, -0.15) is 0 Å². The third-order valence-corrected chi connectivity index (χ3v) is 4.12. The van der Waals surface area contributed by atoms with Gasteiger partial charge in [-0.3, -0.25) is 0 Å². The summed E-state index contributed by atoms with van der Waals surface area (Å²) in [5.41, 5.74) is 5.82. The summed E-state index contributed by atoms with van der Waals surface area (Å²) in [7, 11) is -3.62. The summed E-state index contributed by atoms with van der Waals surface area (Å²) in [6.45, 7) is 3.54. The number of rotatable bonds is 8. The summed E-state index contributed by atoms with van der Waals surface area (Å²) in [4.78, 5) is 0.00877. The topological polar surface area (TPSA) is 81.4 Å². The molecule has 0 fully saturated rings. The van der Waals surface area contributed by atoms with Gasteiger partial charge in [-0.05, 0) is 31.0 Å². The van der Waals surface area contributed by atoms with Gasteiger partial charge in [0.1, 0.15) is 4.90 Å². The summed E-state index contributed by atoms with van der Waals surface area (Å²) in [5.74, 6) is 0. The molecule has 0 saturated carbocycles. The fourth-order valence-corrected chi connectivity index (χ4v) is 2.91. The standard InChI is InChI=1S/C12H19ClN2O3S/c1-2-7-18-8-3-6-15-19(16,17)12-9-10(13)4-5-11(12)14/h4-5,9,15H,2-3,6-8,14H2,1H3. The van der Waals surface area contributed by atoms with Crippen LogP contribution in [0.1, 0.15) is 19.8 Å². The number of nitrogen functional groups attached to an aromatic ring is 1. The van der Waals surface area contributed by atoms with Crippen molar-refractivity contribution in [1.29, 1.82) is 0 Å². The summed E-state index contributed by atoms with van der Waals surface area (Å²) >= 11 is 5.77. The highest BCUT2D eigenvalue weighted by Crippen LogP contribution is 2.22. The Bertz CT molecular complexity index is 506. The Morgan fingerprint density at radius 2 is 2.11 bits per heavy atom. The number of ether oxygens (including phenoxy) is 1. The second kappa shape index (κ2) is 7.69. The van der Waals surface area contributed by atoms with E-state index in [0.29, 0.717) is 31.2 Å². The monoisotopic (exact) mass is 306 g/mol. The van der Waals surface area contributed by atoms with E-state index in [1.54, 1.807) is 6.07 Å². The third-order valence-electron chi connectivity index (χ3n) is 2.37. The van der Waals surface area contributed by atoms with Crippen LogP contribution < -0.4 is 10.5 Å². The second-order valence-electron chi connectivity index (χ2n) is 4.05. The molecule has 0 heterocycles. The maximum Gasteiger partial charge on any atom is 0.242 e. The fraction of sp³-hybridized carbons (Fsp3) is 0.500. The lowest BCUT2D eigenvalue weighted by molar-refractivity contribution is 0.133. The number of anilines is 1. The number of nitrogens with one attached hydrogen (secondary N) is 1. The molecule has 19 heavy (non-hydrogen) atoms. The molecule has 1 aromatic carbocycles. The molecule has 0 saturated heterocycles. The molecular weight excluding hydrogens is 288 g/mol. The third kappa shape index (κ3) is 5.36. The largest absolute Gasteiger partial charge is 0.398 e.